The van der Waals surface area contributed by atoms with Gasteiger partial charge in [-0.15, -0.1) is 0 Å². The Morgan fingerprint density at radius 2 is 0.884 bits per heavy atom. The van der Waals surface area contributed by atoms with Crippen LogP contribution in [0.5, 0.6) is 28.7 Å². The van der Waals surface area contributed by atoms with Crippen molar-refractivity contribution < 1.29 is 29.2 Å². The molecular formula is C88H69NO6. The van der Waals surface area contributed by atoms with Crippen LogP contribution in [0, 0.1) is 11.3 Å². The minimum Gasteiger partial charge on any atom is -0.507 e. The van der Waals surface area contributed by atoms with Crippen LogP contribution in [0.3, 0.4) is 0 Å². The number of carbonyl (C=O) groups excluding carboxylic acids is 1. The lowest BCUT2D eigenvalue weighted by Crippen LogP contribution is -2.34. The lowest BCUT2D eigenvalue weighted by atomic mass is 9.77. The number of ether oxygens (including phenoxy) is 3. The second-order valence-corrected chi connectivity index (χ2v) is 25.0. The van der Waals surface area contributed by atoms with Crippen LogP contribution < -0.4 is 14.2 Å². The molecule has 0 radical (unpaired) electrons. The zero-order valence-electron chi connectivity index (χ0n) is 53.1. The molecule has 0 saturated carbocycles. The minimum atomic E-state index is -0.797. The molecule has 1 atom stereocenters. The molecule has 95 heavy (non-hydrogen) atoms. The van der Waals surface area contributed by atoms with Gasteiger partial charge in [-0.2, -0.15) is 5.26 Å². The summed E-state index contributed by atoms with van der Waals surface area (Å²) in [6.45, 7) is 0. The van der Waals surface area contributed by atoms with Crippen molar-refractivity contribution in [1.29, 1.82) is 5.26 Å². The summed E-state index contributed by atoms with van der Waals surface area (Å²) in [6, 6.07) is 89.2. The van der Waals surface area contributed by atoms with E-state index in [1.807, 2.05) is 115 Å². The molecule has 1 aliphatic heterocycles. The maximum absolute atomic E-state index is 12.2. The predicted molar refractivity (Wildman–Crippen MR) is 383 cm³/mol. The number of phenols is 2. The lowest BCUT2D eigenvalue weighted by Gasteiger charge is -2.38. The van der Waals surface area contributed by atoms with Crippen LogP contribution >= 0.6 is 0 Å². The van der Waals surface area contributed by atoms with Gasteiger partial charge in [0.05, 0.1) is 25.7 Å². The van der Waals surface area contributed by atoms with E-state index in [1.54, 1.807) is 14.2 Å². The third kappa shape index (κ3) is 10.8. The highest BCUT2D eigenvalue weighted by Crippen LogP contribution is 2.52. The standard InChI is InChI=1S/C35H28O3.C19H13NO.C18H14O.C16H14O/c1-36-26-16-12-24(13-17-26)35(25-14-18-27(37-2)19-15-25)22-21-32-30-20-11-23-7-3-4-8-28(23)33(30)29-9-5-6-10-31(29)34(32)38-35;20-11-17-15-10-9-12-5-1-2-6-13(12)18(15)14-7-3-4-8-16(14)19(17)21;19-17-11-13-10-9-12-5-1-2-6-14(12)18(13)16-8-4-3-7-15(16)17;17-15-11-10-12-6-4-5-9-14(12)16(15)13-7-2-1-3-8-13/h3-10,12-19,21-22H,11,20H2,1-2H3;1-8,21H,9-10H2;1-8,11,19H,9-10H2;1-9,16H,10-11H2. The van der Waals surface area contributed by atoms with Gasteiger partial charge in [-0.05, 0) is 181 Å². The van der Waals surface area contributed by atoms with Gasteiger partial charge >= 0.3 is 0 Å². The van der Waals surface area contributed by atoms with Gasteiger partial charge in [0.25, 0.3) is 0 Å². The molecule has 4 aliphatic carbocycles. The number of benzene rings is 13. The van der Waals surface area contributed by atoms with Crippen molar-refractivity contribution in [2.45, 2.75) is 62.9 Å². The van der Waals surface area contributed by atoms with E-state index in [9.17, 15) is 20.3 Å². The Hall–Kier alpha value is -11.5. The topological polar surface area (TPSA) is 109 Å². The lowest BCUT2D eigenvalue weighted by molar-refractivity contribution is -0.120. The first kappa shape index (κ1) is 59.8. The van der Waals surface area contributed by atoms with Gasteiger partial charge in [0.1, 0.15) is 40.6 Å². The molecule has 0 aromatic heterocycles. The molecule has 0 amide bonds. The highest BCUT2D eigenvalue weighted by molar-refractivity contribution is 6.07. The number of aromatic hydroxyl groups is 2. The number of hydrogen-bond donors (Lipinski definition) is 2. The Labute approximate surface area is 554 Å². The van der Waals surface area contributed by atoms with Crippen molar-refractivity contribution in [2.24, 2.45) is 0 Å². The Kier molecular flexibility index (Phi) is 16.1. The number of hydrogen-bond acceptors (Lipinski definition) is 7. The van der Waals surface area contributed by atoms with Crippen molar-refractivity contribution in [2.75, 3.05) is 14.2 Å². The zero-order chi connectivity index (χ0) is 64.6. The maximum atomic E-state index is 12.2. The predicted octanol–water partition coefficient (Wildman–Crippen LogP) is 19.8. The number of fused-ring (bicyclic) bond motifs is 19. The number of methoxy groups -OCH3 is 2. The minimum absolute atomic E-state index is 0.0545. The fraction of sp³-hybridized carbons (Fsp3) is 0.136. The van der Waals surface area contributed by atoms with Gasteiger partial charge in [0, 0.05) is 39.3 Å². The van der Waals surface area contributed by atoms with Crippen LogP contribution in [0.4, 0.5) is 0 Å². The van der Waals surface area contributed by atoms with E-state index in [1.165, 1.54) is 77.7 Å². The van der Waals surface area contributed by atoms with E-state index in [4.69, 9.17) is 14.2 Å². The summed E-state index contributed by atoms with van der Waals surface area (Å²) in [4.78, 5) is 12.2. The molecule has 13 aromatic rings. The quantitative estimate of drug-likeness (QED) is 0.177. The van der Waals surface area contributed by atoms with Crippen molar-refractivity contribution in [3.63, 3.8) is 0 Å². The number of carbonyl (C=O) groups is 1. The fourth-order valence-electron chi connectivity index (χ4n) is 15.3. The van der Waals surface area contributed by atoms with Gasteiger partial charge < -0.3 is 24.4 Å². The monoisotopic (exact) mass is 1240 g/mol. The number of phenolic OH excluding ortho intramolecular Hbond substituents is 2. The van der Waals surface area contributed by atoms with Gasteiger partial charge in [-0.1, -0.05) is 231 Å². The third-order valence-electron chi connectivity index (χ3n) is 19.9. The third-order valence-corrected chi connectivity index (χ3v) is 19.9. The number of nitrogens with zero attached hydrogens (tertiary/aromatic N) is 1. The molecule has 18 rings (SSSR count). The van der Waals surface area contributed by atoms with Crippen LogP contribution in [0.25, 0.3) is 71.8 Å². The van der Waals surface area contributed by atoms with E-state index in [0.29, 0.717) is 23.5 Å². The first-order valence-electron chi connectivity index (χ1n) is 32.8. The molecule has 0 spiro atoms. The van der Waals surface area contributed by atoms with Gasteiger partial charge in [0.2, 0.25) is 0 Å². The summed E-state index contributed by atoms with van der Waals surface area (Å²) < 4.78 is 18.1. The summed E-state index contributed by atoms with van der Waals surface area (Å²) >= 11 is 0. The number of rotatable bonds is 5. The fourth-order valence-corrected chi connectivity index (χ4v) is 15.3. The van der Waals surface area contributed by atoms with Crippen LogP contribution in [0.2, 0.25) is 0 Å². The molecule has 0 saturated heterocycles. The zero-order valence-corrected chi connectivity index (χ0v) is 53.1. The highest BCUT2D eigenvalue weighted by atomic mass is 16.5. The van der Waals surface area contributed by atoms with E-state index in [2.05, 4.69) is 158 Å². The molecule has 7 heteroatoms. The molecular weight excluding hydrogens is 1170 g/mol. The summed E-state index contributed by atoms with van der Waals surface area (Å²) in [7, 11) is 3.38. The van der Waals surface area contributed by atoms with E-state index < -0.39 is 5.60 Å². The highest BCUT2D eigenvalue weighted by Gasteiger charge is 2.40. The number of aryl methyl sites for hydroxylation is 5. The average Bonchev–Trinajstić information content (AvgIpc) is 0.725. The Bertz CT molecular complexity index is 5150. The molecule has 5 aliphatic rings. The van der Waals surface area contributed by atoms with Crippen LogP contribution in [-0.4, -0.2) is 30.2 Å². The number of nitriles is 1. The van der Waals surface area contributed by atoms with Gasteiger partial charge in [-0.25, -0.2) is 0 Å². The number of ketones is 1. The van der Waals surface area contributed by atoms with Crippen LogP contribution in [-0.2, 0) is 55.3 Å². The second-order valence-electron chi connectivity index (χ2n) is 25.0. The summed E-state index contributed by atoms with van der Waals surface area (Å²) in [6.07, 6.45) is 11.8. The van der Waals surface area contributed by atoms with Crippen molar-refractivity contribution in [3.8, 4) is 68.2 Å². The van der Waals surface area contributed by atoms with Gasteiger partial charge in [0.15, 0.2) is 5.60 Å². The molecule has 0 bridgehead atoms. The van der Waals surface area contributed by atoms with Crippen molar-refractivity contribution in [1.82, 2.24) is 0 Å². The molecule has 0 fully saturated rings. The van der Waals surface area contributed by atoms with Crippen molar-refractivity contribution in [3.05, 3.63) is 333 Å². The first-order chi connectivity index (χ1) is 46.7. The van der Waals surface area contributed by atoms with Crippen molar-refractivity contribution >= 4 is 44.2 Å². The second kappa shape index (κ2) is 25.6. The van der Waals surface area contributed by atoms with Gasteiger partial charge in [-0.3, -0.25) is 4.79 Å². The molecule has 2 N–H and O–H groups in total. The summed E-state index contributed by atoms with van der Waals surface area (Å²) in [5.41, 5.74) is 21.9. The average molecular weight is 1240 g/mol. The molecule has 462 valence electrons. The smallest absolute Gasteiger partial charge is 0.178 e. The largest absolute Gasteiger partial charge is 0.507 e. The number of Topliss-reactive ketones (excluding diaryl/α,β-unsaturated/α-hetero) is 1. The molecule has 1 unspecified atom stereocenters. The Balaban J connectivity index is 0.000000111. The first-order valence-corrected chi connectivity index (χ1v) is 32.8. The normalized spacial score (nSPS) is 14.6. The molecule has 1 heterocycles. The van der Waals surface area contributed by atoms with E-state index >= 15 is 0 Å². The van der Waals surface area contributed by atoms with Crippen LogP contribution in [0.15, 0.2) is 261 Å². The van der Waals surface area contributed by atoms with Crippen LogP contribution in [0.1, 0.15) is 84.7 Å². The maximum Gasteiger partial charge on any atom is 0.178 e. The van der Waals surface area contributed by atoms with E-state index in [0.717, 1.165) is 117 Å². The SMILES string of the molecule is COc1ccc(C2(c3ccc(OC)cc3)C=Cc3c4c(c5ccccc5c3O2)-c2ccccc2CC4)cc1.N#Cc1c2c(c3ccccc3c1O)-c1ccccc1CC2.O=C1CCc2ccccc2C1c1ccccc1.Oc1cc2c(c3ccccc13)-c1ccccc1CC2. The summed E-state index contributed by atoms with van der Waals surface area (Å²) in [5, 5.41) is 36.3. The summed E-state index contributed by atoms with van der Waals surface area (Å²) in [5.74, 6) is 3.37. The molecule has 7 nitrogen and oxygen atoms in total. The Morgan fingerprint density at radius 3 is 1.47 bits per heavy atom. The Morgan fingerprint density at radius 1 is 0.442 bits per heavy atom. The van der Waals surface area contributed by atoms with E-state index in [-0.39, 0.29) is 11.7 Å². The molecule has 13 aromatic carbocycles.